The number of carbonyl (C=O) groups is 1. The van der Waals surface area contributed by atoms with Crippen LogP contribution in [0.5, 0.6) is 11.5 Å². The van der Waals surface area contributed by atoms with Crippen molar-refractivity contribution in [3.63, 3.8) is 0 Å². The summed E-state index contributed by atoms with van der Waals surface area (Å²) in [5.41, 5.74) is 0.227. The van der Waals surface area contributed by atoms with Gasteiger partial charge in [0.2, 0.25) is 0 Å². The molecule has 104 valence electrons. The summed E-state index contributed by atoms with van der Waals surface area (Å²) in [6.07, 6.45) is 2.89. The lowest BCUT2D eigenvalue weighted by Crippen LogP contribution is -2.07. The van der Waals surface area contributed by atoms with E-state index in [4.69, 9.17) is 32.7 Å². The van der Waals surface area contributed by atoms with Crippen molar-refractivity contribution in [2.75, 3.05) is 6.61 Å². The van der Waals surface area contributed by atoms with Gasteiger partial charge in [-0.1, -0.05) is 23.2 Å². The molecular weight excluding hydrogens is 301 g/mol. The molecule has 1 aromatic heterocycles. The van der Waals surface area contributed by atoms with Crippen LogP contribution in [-0.2, 0) is 4.74 Å². The number of rotatable bonds is 4. The van der Waals surface area contributed by atoms with E-state index in [-0.39, 0.29) is 12.2 Å². The number of nitrogens with zero attached hydrogens (tertiary/aromatic N) is 1. The molecule has 0 saturated carbocycles. The largest absolute Gasteiger partial charge is 0.462 e. The number of esters is 1. The van der Waals surface area contributed by atoms with E-state index in [0.29, 0.717) is 21.5 Å². The molecule has 0 amide bonds. The highest BCUT2D eigenvalue weighted by Crippen LogP contribution is 2.33. The fourth-order valence-corrected chi connectivity index (χ4v) is 1.82. The number of pyridine rings is 1. The Morgan fingerprint density at radius 1 is 1.25 bits per heavy atom. The molecule has 0 aliphatic carbocycles. The maximum atomic E-state index is 11.8. The van der Waals surface area contributed by atoms with E-state index in [1.807, 2.05) is 0 Å². The highest BCUT2D eigenvalue weighted by Gasteiger charge is 2.15. The molecule has 0 radical (unpaired) electrons. The molecule has 0 saturated heterocycles. The number of halogens is 2. The van der Waals surface area contributed by atoms with Crippen molar-refractivity contribution >= 4 is 29.2 Å². The molecule has 0 spiro atoms. The van der Waals surface area contributed by atoms with Gasteiger partial charge >= 0.3 is 5.97 Å². The van der Waals surface area contributed by atoms with Crippen molar-refractivity contribution in [1.29, 1.82) is 0 Å². The summed E-state index contributed by atoms with van der Waals surface area (Å²) in [6.45, 7) is 1.99. The SMILES string of the molecule is CCOC(=O)c1cnccc1Oc1cc(Cl)ccc1Cl. The van der Waals surface area contributed by atoms with Gasteiger partial charge in [-0.25, -0.2) is 4.79 Å². The minimum atomic E-state index is -0.506. The van der Waals surface area contributed by atoms with Crippen LogP contribution in [0.15, 0.2) is 36.7 Å². The fourth-order valence-electron chi connectivity index (χ4n) is 1.51. The second kappa shape index (κ2) is 6.59. The minimum absolute atomic E-state index is 0.227. The summed E-state index contributed by atoms with van der Waals surface area (Å²) >= 11 is 11.9. The van der Waals surface area contributed by atoms with Gasteiger partial charge in [-0.05, 0) is 19.1 Å². The van der Waals surface area contributed by atoms with Crippen LogP contribution in [0.25, 0.3) is 0 Å². The summed E-state index contributed by atoms with van der Waals surface area (Å²) in [5.74, 6) is 0.160. The van der Waals surface area contributed by atoms with Gasteiger partial charge in [-0.2, -0.15) is 0 Å². The van der Waals surface area contributed by atoms with Crippen LogP contribution in [0.2, 0.25) is 10.0 Å². The van der Waals surface area contributed by atoms with Crippen molar-refractivity contribution in [3.05, 3.63) is 52.3 Å². The molecule has 0 aliphatic heterocycles. The predicted molar refractivity (Wildman–Crippen MR) is 76.7 cm³/mol. The third-order valence-electron chi connectivity index (χ3n) is 2.39. The number of benzene rings is 1. The average molecular weight is 312 g/mol. The van der Waals surface area contributed by atoms with Crippen LogP contribution in [0.4, 0.5) is 0 Å². The smallest absolute Gasteiger partial charge is 0.343 e. The molecule has 1 aromatic carbocycles. The predicted octanol–water partition coefficient (Wildman–Crippen LogP) is 4.36. The van der Waals surface area contributed by atoms with E-state index in [0.717, 1.165) is 0 Å². The van der Waals surface area contributed by atoms with E-state index in [9.17, 15) is 4.79 Å². The lowest BCUT2D eigenvalue weighted by atomic mass is 10.2. The Balaban J connectivity index is 2.34. The normalized spacial score (nSPS) is 10.2. The maximum Gasteiger partial charge on any atom is 0.343 e. The second-order valence-electron chi connectivity index (χ2n) is 3.77. The Hall–Kier alpha value is -1.78. The third-order valence-corrected chi connectivity index (χ3v) is 2.94. The number of carbonyl (C=O) groups excluding carboxylic acids is 1. The molecule has 0 aliphatic rings. The Labute approximate surface area is 126 Å². The third kappa shape index (κ3) is 3.40. The highest BCUT2D eigenvalue weighted by atomic mass is 35.5. The Morgan fingerprint density at radius 3 is 2.80 bits per heavy atom. The first-order valence-corrected chi connectivity index (χ1v) is 6.61. The zero-order chi connectivity index (χ0) is 14.5. The van der Waals surface area contributed by atoms with Crippen LogP contribution < -0.4 is 4.74 Å². The van der Waals surface area contributed by atoms with E-state index >= 15 is 0 Å². The molecule has 4 nitrogen and oxygen atoms in total. The molecule has 0 N–H and O–H groups in total. The van der Waals surface area contributed by atoms with Crippen LogP contribution >= 0.6 is 23.2 Å². The topological polar surface area (TPSA) is 48.4 Å². The quantitative estimate of drug-likeness (QED) is 0.787. The van der Waals surface area contributed by atoms with Gasteiger partial charge in [-0.15, -0.1) is 0 Å². The number of aromatic nitrogens is 1. The summed E-state index contributed by atoms with van der Waals surface area (Å²) in [7, 11) is 0. The van der Waals surface area contributed by atoms with E-state index in [2.05, 4.69) is 4.98 Å². The van der Waals surface area contributed by atoms with Gasteiger partial charge in [0.25, 0.3) is 0 Å². The van der Waals surface area contributed by atoms with E-state index in [1.54, 1.807) is 31.2 Å². The first-order valence-electron chi connectivity index (χ1n) is 5.86. The van der Waals surface area contributed by atoms with Gasteiger partial charge in [0.1, 0.15) is 17.1 Å². The molecule has 1 heterocycles. The lowest BCUT2D eigenvalue weighted by Gasteiger charge is -2.11. The molecule has 0 atom stereocenters. The van der Waals surface area contributed by atoms with Crippen molar-refractivity contribution in [1.82, 2.24) is 4.98 Å². The summed E-state index contributed by atoms with van der Waals surface area (Å²) in [4.78, 5) is 15.7. The van der Waals surface area contributed by atoms with Crippen LogP contribution in [0.1, 0.15) is 17.3 Å². The highest BCUT2D eigenvalue weighted by molar-refractivity contribution is 6.34. The average Bonchev–Trinajstić information content (AvgIpc) is 2.44. The molecular formula is C14H11Cl2NO3. The van der Waals surface area contributed by atoms with Crippen LogP contribution in [-0.4, -0.2) is 17.6 Å². The second-order valence-corrected chi connectivity index (χ2v) is 4.61. The zero-order valence-electron chi connectivity index (χ0n) is 10.6. The summed E-state index contributed by atoms with van der Waals surface area (Å²) in [5, 5.41) is 0.872. The minimum Gasteiger partial charge on any atom is -0.462 e. The van der Waals surface area contributed by atoms with Crippen molar-refractivity contribution in [3.8, 4) is 11.5 Å². The summed E-state index contributed by atoms with van der Waals surface area (Å²) in [6, 6.07) is 6.39. The van der Waals surface area contributed by atoms with Gasteiger partial charge in [0.15, 0.2) is 0 Å². The first-order chi connectivity index (χ1) is 9.61. The molecule has 2 aromatic rings. The number of hydrogen-bond acceptors (Lipinski definition) is 4. The summed E-state index contributed by atoms with van der Waals surface area (Å²) < 4.78 is 10.6. The van der Waals surface area contributed by atoms with Crippen molar-refractivity contribution in [2.24, 2.45) is 0 Å². The van der Waals surface area contributed by atoms with Crippen molar-refractivity contribution in [2.45, 2.75) is 6.92 Å². The Bertz CT molecular complexity index is 632. The van der Waals surface area contributed by atoms with E-state index in [1.165, 1.54) is 12.4 Å². The molecule has 2 rings (SSSR count). The van der Waals surface area contributed by atoms with Crippen LogP contribution in [0, 0.1) is 0 Å². The van der Waals surface area contributed by atoms with E-state index < -0.39 is 5.97 Å². The lowest BCUT2D eigenvalue weighted by molar-refractivity contribution is 0.0523. The van der Waals surface area contributed by atoms with Gasteiger partial charge < -0.3 is 9.47 Å². The number of ether oxygens (including phenoxy) is 2. The molecule has 0 bridgehead atoms. The van der Waals surface area contributed by atoms with Gasteiger partial charge in [0, 0.05) is 29.5 Å². The zero-order valence-corrected chi connectivity index (χ0v) is 12.1. The monoisotopic (exact) mass is 311 g/mol. The molecule has 0 unspecified atom stereocenters. The Kier molecular flexibility index (Phi) is 4.82. The molecule has 6 heteroatoms. The number of hydrogen-bond donors (Lipinski definition) is 0. The van der Waals surface area contributed by atoms with Crippen molar-refractivity contribution < 1.29 is 14.3 Å². The standard InChI is InChI=1S/C14H11Cl2NO3/c1-2-19-14(18)10-8-17-6-5-12(10)20-13-7-9(15)3-4-11(13)16/h3-8H,2H2,1H3. The van der Waals surface area contributed by atoms with Gasteiger partial charge in [0.05, 0.1) is 11.6 Å². The van der Waals surface area contributed by atoms with Gasteiger partial charge in [-0.3, -0.25) is 4.98 Å². The van der Waals surface area contributed by atoms with Crippen LogP contribution in [0.3, 0.4) is 0 Å². The molecule has 0 fully saturated rings. The molecule has 20 heavy (non-hydrogen) atoms. The Morgan fingerprint density at radius 2 is 2.05 bits per heavy atom. The fraction of sp³-hybridized carbons (Fsp3) is 0.143. The first kappa shape index (κ1) is 14.6. The maximum absolute atomic E-state index is 11.8.